The first-order valence-corrected chi connectivity index (χ1v) is 6.32. The third kappa shape index (κ3) is 2.13. The molecule has 0 amide bonds. The van der Waals surface area contributed by atoms with E-state index in [1.165, 1.54) is 0 Å². The van der Waals surface area contributed by atoms with E-state index in [0.29, 0.717) is 4.64 Å². The molecule has 0 aliphatic rings. The lowest BCUT2D eigenvalue weighted by atomic mass is 10.1. The second kappa shape index (κ2) is 4.51. The van der Waals surface area contributed by atoms with E-state index in [-0.39, 0.29) is 0 Å². The van der Waals surface area contributed by atoms with Gasteiger partial charge in [-0.2, -0.15) is 0 Å². The van der Waals surface area contributed by atoms with Crippen LogP contribution in [0.1, 0.15) is 5.69 Å². The molecule has 0 atom stereocenters. The first-order chi connectivity index (χ1) is 9.17. The maximum Gasteiger partial charge on any atom is 0.155 e. The fourth-order valence-corrected chi connectivity index (χ4v) is 2.27. The van der Waals surface area contributed by atoms with Crippen LogP contribution < -0.4 is 4.74 Å². The number of aromatic nitrogens is 3. The molecule has 2 heterocycles. The monoisotopic (exact) mass is 271 g/mol. The van der Waals surface area contributed by atoms with Gasteiger partial charge in [-0.3, -0.25) is 5.10 Å². The number of hydrogen-bond acceptors (Lipinski definition) is 3. The molecule has 5 heteroatoms. The molecular weight excluding hydrogens is 258 g/mol. The third-order valence-corrected chi connectivity index (χ3v) is 3.26. The number of nitrogens with zero attached hydrogens (tertiary/aromatic N) is 2. The average molecular weight is 271 g/mol. The number of rotatable bonds is 2. The van der Waals surface area contributed by atoms with Gasteiger partial charge >= 0.3 is 0 Å². The fraction of sp³-hybridized carbons (Fsp3) is 0.143. The molecular formula is C14H13N3OS. The quantitative estimate of drug-likeness (QED) is 0.727. The van der Waals surface area contributed by atoms with Gasteiger partial charge in [-0.25, -0.2) is 9.50 Å². The molecule has 0 saturated heterocycles. The van der Waals surface area contributed by atoms with E-state index in [2.05, 4.69) is 10.1 Å². The van der Waals surface area contributed by atoms with Crippen molar-refractivity contribution in [2.24, 2.45) is 0 Å². The maximum absolute atomic E-state index is 5.37. The van der Waals surface area contributed by atoms with Crippen molar-refractivity contribution in [2.45, 2.75) is 6.92 Å². The molecule has 0 radical (unpaired) electrons. The van der Waals surface area contributed by atoms with Crippen molar-refractivity contribution in [3.63, 3.8) is 0 Å². The zero-order chi connectivity index (χ0) is 13.4. The number of nitrogens with one attached hydrogen (secondary N) is 1. The topological polar surface area (TPSA) is 42.3 Å². The highest BCUT2D eigenvalue weighted by Crippen LogP contribution is 2.21. The Morgan fingerprint density at radius 2 is 1.95 bits per heavy atom. The van der Waals surface area contributed by atoms with Crippen LogP contribution in [0.5, 0.6) is 5.75 Å². The normalized spacial score (nSPS) is 10.8. The molecule has 96 valence electrons. The summed E-state index contributed by atoms with van der Waals surface area (Å²) in [6.45, 7) is 1.98. The zero-order valence-corrected chi connectivity index (χ0v) is 11.5. The van der Waals surface area contributed by atoms with E-state index in [1.807, 2.05) is 43.3 Å². The summed E-state index contributed by atoms with van der Waals surface area (Å²) in [4.78, 5) is 4.61. The van der Waals surface area contributed by atoms with Crippen LogP contribution in [0.15, 0.2) is 36.4 Å². The lowest BCUT2D eigenvalue weighted by Gasteiger charge is -2.04. The number of aromatic amines is 1. The van der Waals surface area contributed by atoms with Crippen LogP contribution in [-0.2, 0) is 0 Å². The number of fused-ring (bicyclic) bond motifs is 1. The molecule has 0 bridgehead atoms. The highest BCUT2D eigenvalue weighted by molar-refractivity contribution is 7.71. The molecule has 0 unspecified atom stereocenters. The molecule has 4 nitrogen and oxygen atoms in total. The Morgan fingerprint density at radius 1 is 1.21 bits per heavy atom. The Balaban J connectivity index is 2.16. The minimum Gasteiger partial charge on any atom is -0.497 e. The molecule has 3 rings (SSSR count). The van der Waals surface area contributed by atoms with Crippen LogP contribution in [0.2, 0.25) is 0 Å². The Labute approximate surface area is 115 Å². The highest BCUT2D eigenvalue weighted by atomic mass is 32.1. The van der Waals surface area contributed by atoms with Crippen LogP contribution in [0, 0.1) is 11.6 Å². The predicted octanol–water partition coefficient (Wildman–Crippen LogP) is 3.38. The molecule has 0 aliphatic heterocycles. The highest BCUT2D eigenvalue weighted by Gasteiger charge is 2.05. The van der Waals surface area contributed by atoms with Crippen LogP contribution in [0.3, 0.4) is 0 Å². The largest absolute Gasteiger partial charge is 0.497 e. The van der Waals surface area contributed by atoms with E-state index in [0.717, 1.165) is 28.3 Å². The van der Waals surface area contributed by atoms with Crippen molar-refractivity contribution in [1.29, 1.82) is 0 Å². The Bertz CT molecular complexity index is 787. The fourth-order valence-electron chi connectivity index (χ4n) is 2.02. The summed E-state index contributed by atoms with van der Waals surface area (Å²) < 4.78 is 7.67. The number of hydrogen-bond donors (Lipinski definition) is 1. The van der Waals surface area contributed by atoms with E-state index < -0.39 is 0 Å². The van der Waals surface area contributed by atoms with Gasteiger partial charge in [0.05, 0.1) is 12.8 Å². The second-order valence-electron chi connectivity index (χ2n) is 4.34. The van der Waals surface area contributed by atoms with Gasteiger partial charge in [0, 0.05) is 23.4 Å². The van der Waals surface area contributed by atoms with Crippen molar-refractivity contribution < 1.29 is 4.74 Å². The van der Waals surface area contributed by atoms with Gasteiger partial charge in [0.2, 0.25) is 0 Å². The Morgan fingerprint density at radius 3 is 2.63 bits per heavy atom. The average Bonchev–Trinajstić information content (AvgIpc) is 2.80. The van der Waals surface area contributed by atoms with Crippen molar-refractivity contribution >= 4 is 17.9 Å². The van der Waals surface area contributed by atoms with Crippen molar-refractivity contribution in [2.75, 3.05) is 7.11 Å². The molecule has 3 aromatic rings. The Hall–Kier alpha value is -2.14. The lowest BCUT2D eigenvalue weighted by Crippen LogP contribution is -1.94. The summed E-state index contributed by atoms with van der Waals surface area (Å²) in [5.41, 5.74) is 3.75. The predicted molar refractivity (Wildman–Crippen MR) is 77.1 cm³/mol. The molecule has 0 saturated carbocycles. The molecule has 0 spiro atoms. The van der Waals surface area contributed by atoms with Gasteiger partial charge in [0.25, 0.3) is 0 Å². The van der Waals surface area contributed by atoms with Gasteiger partial charge < -0.3 is 4.74 Å². The smallest absolute Gasteiger partial charge is 0.155 e. The van der Waals surface area contributed by atoms with Crippen LogP contribution in [0.4, 0.5) is 0 Å². The number of methoxy groups -OCH3 is 1. The third-order valence-electron chi connectivity index (χ3n) is 2.96. The molecule has 2 aromatic heterocycles. The molecule has 1 N–H and O–H groups in total. The Kier molecular flexibility index (Phi) is 2.83. The van der Waals surface area contributed by atoms with Crippen molar-refractivity contribution in [1.82, 2.24) is 14.6 Å². The SMILES string of the molecule is COc1ccc(-c2cc(=S)n3[nH]c(C)cc3n2)cc1. The van der Waals surface area contributed by atoms with Gasteiger partial charge in [0.1, 0.15) is 10.4 Å². The maximum atomic E-state index is 5.37. The van der Waals surface area contributed by atoms with Crippen molar-refractivity contribution in [3.05, 3.63) is 46.7 Å². The van der Waals surface area contributed by atoms with Gasteiger partial charge in [0.15, 0.2) is 5.65 Å². The van der Waals surface area contributed by atoms with Gasteiger partial charge in [-0.1, -0.05) is 12.2 Å². The molecule has 1 aromatic carbocycles. The van der Waals surface area contributed by atoms with E-state index in [1.54, 1.807) is 11.6 Å². The first kappa shape index (κ1) is 11.9. The van der Waals surface area contributed by atoms with Crippen LogP contribution >= 0.6 is 12.2 Å². The van der Waals surface area contributed by atoms with E-state index >= 15 is 0 Å². The molecule has 0 fully saturated rings. The standard InChI is InChI=1S/C14H13N3OS/c1-9-7-13-15-12(8-14(19)17(13)16-9)10-3-5-11(18-2)6-4-10/h3-8,16H,1-2H3. The van der Waals surface area contributed by atoms with E-state index in [9.17, 15) is 0 Å². The summed E-state index contributed by atoms with van der Waals surface area (Å²) in [5.74, 6) is 0.829. The second-order valence-corrected chi connectivity index (χ2v) is 4.76. The number of aryl methyl sites for hydroxylation is 1. The molecule has 0 aliphatic carbocycles. The summed E-state index contributed by atoms with van der Waals surface area (Å²) >= 11 is 5.37. The molecule has 19 heavy (non-hydrogen) atoms. The zero-order valence-electron chi connectivity index (χ0n) is 10.7. The minimum atomic E-state index is 0.712. The summed E-state index contributed by atoms with van der Waals surface area (Å²) in [7, 11) is 1.65. The number of ether oxygens (including phenoxy) is 1. The van der Waals surface area contributed by atoms with Crippen LogP contribution in [-0.4, -0.2) is 21.7 Å². The number of benzene rings is 1. The summed E-state index contributed by atoms with van der Waals surface area (Å²) in [6, 6.07) is 11.7. The summed E-state index contributed by atoms with van der Waals surface area (Å²) in [5, 5.41) is 3.15. The van der Waals surface area contributed by atoms with Gasteiger partial charge in [-0.15, -0.1) is 0 Å². The summed E-state index contributed by atoms with van der Waals surface area (Å²) in [6.07, 6.45) is 0. The lowest BCUT2D eigenvalue weighted by molar-refractivity contribution is 0.415. The number of H-pyrrole nitrogens is 1. The van der Waals surface area contributed by atoms with Crippen LogP contribution in [0.25, 0.3) is 16.9 Å². The van der Waals surface area contributed by atoms with E-state index in [4.69, 9.17) is 17.0 Å². The van der Waals surface area contributed by atoms with Crippen molar-refractivity contribution in [3.8, 4) is 17.0 Å². The first-order valence-electron chi connectivity index (χ1n) is 5.91. The van der Waals surface area contributed by atoms with Gasteiger partial charge in [-0.05, 0) is 31.2 Å². The minimum absolute atomic E-state index is 0.712.